The minimum absolute atomic E-state index is 0.0643. The number of carbonyl (C=O) groups is 3. The van der Waals surface area contributed by atoms with Crippen LogP contribution in [0.4, 0.5) is 0 Å². The lowest BCUT2D eigenvalue weighted by Crippen LogP contribution is -2.32. The third kappa shape index (κ3) is 5.92. The minimum atomic E-state index is -0.894. The van der Waals surface area contributed by atoms with Gasteiger partial charge in [0.05, 0.1) is 14.2 Å². The summed E-state index contributed by atoms with van der Waals surface area (Å²) in [6.07, 6.45) is 4.46. The van der Waals surface area contributed by atoms with Crippen LogP contribution in [0.1, 0.15) is 47.0 Å². The number of ketones is 2. The highest BCUT2D eigenvalue weighted by molar-refractivity contribution is 6.23. The van der Waals surface area contributed by atoms with Gasteiger partial charge in [-0.3, -0.25) is 14.4 Å². The summed E-state index contributed by atoms with van der Waals surface area (Å²) >= 11 is 0. The van der Waals surface area contributed by atoms with Gasteiger partial charge in [-0.25, -0.2) is 0 Å². The maximum atomic E-state index is 12.6. The van der Waals surface area contributed by atoms with Gasteiger partial charge in [0, 0.05) is 16.7 Å². The van der Waals surface area contributed by atoms with Gasteiger partial charge < -0.3 is 19.9 Å². The molecule has 0 aromatic rings. The summed E-state index contributed by atoms with van der Waals surface area (Å²) in [6, 6.07) is 0. The molecule has 1 aliphatic carbocycles. The van der Waals surface area contributed by atoms with Gasteiger partial charge in [-0.15, -0.1) is 0 Å². The van der Waals surface area contributed by atoms with Crippen molar-refractivity contribution in [2.75, 3.05) is 14.2 Å². The van der Waals surface area contributed by atoms with Crippen LogP contribution < -0.4 is 5.32 Å². The Kier molecular flexibility index (Phi) is 8.85. The van der Waals surface area contributed by atoms with E-state index in [2.05, 4.69) is 5.32 Å². The lowest BCUT2D eigenvalue weighted by molar-refractivity contribution is -0.121. The molecule has 0 heterocycles. The molecule has 1 amide bonds. The smallest absolute Gasteiger partial charge is 0.248 e. The molecule has 0 aromatic carbocycles. The fraction of sp³-hybridized carbons (Fsp3) is 0.476. The first-order valence-electron chi connectivity index (χ1n) is 9.06. The van der Waals surface area contributed by atoms with Gasteiger partial charge in [0.2, 0.25) is 29.0 Å². The lowest BCUT2D eigenvalue weighted by atomic mass is 9.90. The Morgan fingerprint density at radius 3 is 2.21 bits per heavy atom. The van der Waals surface area contributed by atoms with Crippen LogP contribution >= 0.6 is 0 Å². The molecule has 1 atom stereocenters. The van der Waals surface area contributed by atoms with Crippen LogP contribution in [0.25, 0.3) is 0 Å². The first-order chi connectivity index (χ1) is 13.1. The first kappa shape index (κ1) is 23.4. The Labute approximate surface area is 165 Å². The molecule has 7 nitrogen and oxygen atoms in total. The highest BCUT2D eigenvalue weighted by atomic mass is 16.5. The van der Waals surface area contributed by atoms with Crippen molar-refractivity contribution >= 4 is 17.5 Å². The van der Waals surface area contributed by atoms with Crippen LogP contribution in [0.2, 0.25) is 0 Å². The fourth-order valence-corrected chi connectivity index (χ4v) is 2.73. The fourth-order valence-electron chi connectivity index (χ4n) is 2.73. The molecule has 2 N–H and O–H groups in total. The monoisotopic (exact) mass is 391 g/mol. The third-order valence-electron chi connectivity index (χ3n) is 4.44. The second-order valence-electron chi connectivity index (χ2n) is 6.66. The van der Waals surface area contributed by atoms with Crippen LogP contribution in [0, 0.1) is 0 Å². The van der Waals surface area contributed by atoms with Crippen molar-refractivity contribution in [3.63, 3.8) is 0 Å². The van der Waals surface area contributed by atoms with Gasteiger partial charge >= 0.3 is 0 Å². The topological polar surface area (TPSA) is 102 Å². The Balaban J connectivity index is 2.78. The summed E-state index contributed by atoms with van der Waals surface area (Å²) in [5.41, 5.74) is 2.31. The van der Waals surface area contributed by atoms with Crippen LogP contribution in [0.15, 0.2) is 46.0 Å². The third-order valence-corrected chi connectivity index (χ3v) is 4.44. The molecule has 7 heteroatoms. The molecule has 1 rings (SSSR count). The number of Topliss-reactive ketones (excluding diaryl/α,β-unsaturated/α-hetero) is 2. The zero-order valence-electron chi connectivity index (χ0n) is 17.3. The van der Waals surface area contributed by atoms with Gasteiger partial charge in [0.1, 0.15) is 6.23 Å². The van der Waals surface area contributed by atoms with Gasteiger partial charge in [-0.1, -0.05) is 17.7 Å². The van der Waals surface area contributed by atoms with E-state index >= 15 is 0 Å². The molecule has 154 valence electrons. The van der Waals surface area contributed by atoms with Crippen LogP contribution in [0.3, 0.4) is 0 Å². The number of hydrogen-bond acceptors (Lipinski definition) is 6. The molecule has 0 aliphatic heterocycles. The number of nitrogens with one attached hydrogen (secondary N) is 1. The van der Waals surface area contributed by atoms with E-state index in [1.165, 1.54) is 21.1 Å². The molecule has 28 heavy (non-hydrogen) atoms. The standard InChI is InChI=1S/C21H29NO6/c1-12(8-7-9-13(2)21(26)22-15(4)23)10-11-16-14(3)17(24)19(27-5)20(28-6)18(16)25/h9-10,15,23H,7-8,11H2,1-6H3,(H,22,26)/b12-10+,13-9+. The number of aliphatic hydroxyl groups is 1. The molecule has 0 aromatic heterocycles. The van der Waals surface area contributed by atoms with E-state index in [4.69, 9.17) is 14.6 Å². The second-order valence-corrected chi connectivity index (χ2v) is 6.66. The van der Waals surface area contributed by atoms with E-state index in [0.717, 1.165) is 5.57 Å². The zero-order chi connectivity index (χ0) is 21.4. The molecule has 1 aliphatic rings. The highest BCUT2D eigenvalue weighted by Gasteiger charge is 2.34. The maximum Gasteiger partial charge on any atom is 0.248 e. The Hall–Kier alpha value is -2.67. The van der Waals surface area contributed by atoms with E-state index in [0.29, 0.717) is 36.0 Å². The van der Waals surface area contributed by atoms with Gasteiger partial charge in [-0.05, 0) is 47.0 Å². The van der Waals surface area contributed by atoms with Gasteiger partial charge in [0.25, 0.3) is 0 Å². The summed E-state index contributed by atoms with van der Waals surface area (Å²) in [7, 11) is 2.67. The van der Waals surface area contributed by atoms with Crippen LogP contribution in [-0.2, 0) is 23.9 Å². The van der Waals surface area contributed by atoms with Crippen molar-refractivity contribution in [3.05, 3.63) is 46.0 Å². The first-order valence-corrected chi connectivity index (χ1v) is 9.06. The van der Waals surface area contributed by atoms with Crippen molar-refractivity contribution in [2.24, 2.45) is 0 Å². The van der Waals surface area contributed by atoms with Gasteiger partial charge in [-0.2, -0.15) is 0 Å². The highest BCUT2D eigenvalue weighted by Crippen LogP contribution is 2.28. The molecular formula is C21H29NO6. The largest absolute Gasteiger partial charge is 0.489 e. The molecular weight excluding hydrogens is 362 g/mol. The molecule has 0 bridgehead atoms. The Bertz CT molecular complexity index is 768. The maximum absolute atomic E-state index is 12.6. The SMILES string of the molecule is COC1=C(OC)C(=O)C(C/C=C(\C)CC/C=C(\C)C(=O)NC(C)O)=C(C)C1=O. The molecule has 0 spiro atoms. The normalized spacial score (nSPS) is 17.1. The summed E-state index contributed by atoms with van der Waals surface area (Å²) in [4.78, 5) is 36.7. The number of methoxy groups -OCH3 is 2. The summed E-state index contributed by atoms with van der Waals surface area (Å²) in [6.45, 7) is 6.70. The van der Waals surface area contributed by atoms with E-state index in [1.54, 1.807) is 19.9 Å². The lowest BCUT2D eigenvalue weighted by Gasteiger charge is -2.19. The van der Waals surface area contributed by atoms with E-state index in [-0.39, 0.29) is 29.0 Å². The Morgan fingerprint density at radius 2 is 1.68 bits per heavy atom. The van der Waals surface area contributed by atoms with Crippen molar-refractivity contribution in [3.8, 4) is 0 Å². The zero-order valence-corrected chi connectivity index (χ0v) is 17.3. The van der Waals surface area contributed by atoms with E-state index < -0.39 is 6.23 Å². The number of aliphatic hydroxyl groups excluding tert-OH is 1. The molecule has 0 fully saturated rings. The van der Waals surface area contributed by atoms with Crippen molar-refractivity contribution in [1.29, 1.82) is 0 Å². The summed E-state index contributed by atoms with van der Waals surface area (Å²) in [5.74, 6) is -1.13. The number of hydrogen-bond donors (Lipinski definition) is 2. The number of amides is 1. The molecule has 0 saturated heterocycles. The van der Waals surface area contributed by atoms with E-state index in [1.807, 2.05) is 13.0 Å². The van der Waals surface area contributed by atoms with Crippen molar-refractivity contribution in [2.45, 2.75) is 53.2 Å². The average Bonchev–Trinajstić information content (AvgIpc) is 2.63. The quantitative estimate of drug-likeness (QED) is 0.271. The minimum Gasteiger partial charge on any atom is -0.489 e. The number of carbonyl (C=O) groups excluding carboxylic acids is 3. The van der Waals surface area contributed by atoms with Crippen molar-refractivity contribution in [1.82, 2.24) is 5.32 Å². The average molecular weight is 391 g/mol. The number of rotatable bonds is 9. The predicted octanol–water partition coefficient (Wildman–Crippen LogP) is 2.48. The number of ether oxygens (including phenoxy) is 2. The predicted molar refractivity (Wildman–Crippen MR) is 105 cm³/mol. The van der Waals surface area contributed by atoms with E-state index in [9.17, 15) is 14.4 Å². The Morgan fingerprint density at radius 1 is 1.11 bits per heavy atom. The van der Waals surface area contributed by atoms with Crippen LogP contribution in [-0.4, -0.2) is 43.0 Å². The van der Waals surface area contributed by atoms with Gasteiger partial charge in [0.15, 0.2) is 0 Å². The molecule has 0 radical (unpaired) electrons. The van der Waals surface area contributed by atoms with Crippen molar-refractivity contribution < 1.29 is 29.0 Å². The molecule has 1 unspecified atom stereocenters. The molecule has 0 saturated carbocycles. The summed E-state index contributed by atoms with van der Waals surface area (Å²) in [5, 5.41) is 11.6. The second kappa shape index (κ2) is 10.6. The number of allylic oxidation sites excluding steroid dienone is 5. The summed E-state index contributed by atoms with van der Waals surface area (Å²) < 4.78 is 10.1. The van der Waals surface area contributed by atoms with Crippen LogP contribution in [0.5, 0.6) is 0 Å².